The molecule has 1 aromatic carbocycles. The third kappa shape index (κ3) is 4.59. The molecule has 0 aromatic heterocycles. The molecule has 0 saturated heterocycles. The summed E-state index contributed by atoms with van der Waals surface area (Å²) in [6, 6.07) is 3.71. The van der Waals surface area contributed by atoms with Crippen molar-refractivity contribution in [3.05, 3.63) is 22.7 Å². The molecule has 1 aliphatic rings. The minimum Gasteiger partial charge on any atom is -0.486 e. The first-order valence-corrected chi connectivity index (χ1v) is 6.70. The molecule has 0 amide bonds. The molecule has 1 heterocycles. The summed E-state index contributed by atoms with van der Waals surface area (Å²) in [6.45, 7) is 4.41. The number of benzene rings is 1. The lowest BCUT2D eigenvalue weighted by Gasteiger charge is -2.20. The van der Waals surface area contributed by atoms with Gasteiger partial charge in [0.1, 0.15) is 13.2 Å². The highest BCUT2D eigenvalue weighted by molar-refractivity contribution is 14.0. The zero-order chi connectivity index (χ0) is 13.7. The van der Waals surface area contributed by atoms with E-state index in [-0.39, 0.29) is 24.0 Å². The number of aliphatic imine (C=N–C) groups is 1. The van der Waals surface area contributed by atoms with Crippen LogP contribution < -0.4 is 20.5 Å². The summed E-state index contributed by atoms with van der Waals surface area (Å²) < 4.78 is 11.0. The first-order chi connectivity index (χ1) is 9.20. The number of hydrogen-bond acceptors (Lipinski definition) is 3. The number of nitrogens with zero attached hydrogens (tertiary/aromatic N) is 1. The standard InChI is InChI=1S/C13H18ClN3O2.HI/c1-2-3-16-13(15)17-8-9-6-10(14)12-11(7-9)18-4-5-19-12;/h6-7H,2-5,8H2,1H3,(H3,15,16,17);1H. The van der Waals surface area contributed by atoms with Gasteiger partial charge in [0.15, 0.2) is 17.5 Å². The highest BCUT2D eigenvalue weighted by Crippen LogP contribution is 2.38. The molecular formula is C13H19ClIN3O2. The van der Waals surface area contributed by atoms with Gasteiger partial charge in [0.05, 0.1) is 11.6 Å². The number of nitrogens with two attached hydrogens (primary N) is 1. The average molecular weight is 412 g/mol. The van der Waals surface area contributed by atoms with Crippen LogP contribution in [0.25, 0.3) is 0 Å². The minimum atomic E-state index is 0. The van der Waals surface area contributed by atoms with Crippen LogP contribution in [-0.2, 0) is 6.54 Å². The first kappa shape index (κ1) is 17.2. The Labute approximate surface area is 140 Å². The Morgan fingerprint density at radius 3 is 2.90 bits per heavy atom. The highest BCUT2D eigenvalue weighted by Gasteiger charge is 2.16. The summed E-state index contributed by atoms with van der Waals surface area (Å²) in [6.07, 6.45) is 1.01. The lowest BCUT2D eigenvalue weighted by atomic mass is 10.2. The van der Waals surface area contributed by atoms with E-state index in [0.29, 0.717) is 42.2 Å². The van der Waals surface area contributed by atoms with Gasteiger partial charge in [-0.25, -0.2) is 4.99 Å². The van der Waals surface area contributed by atoms with Crippen molar-refractivity contribution in [2.24, 2.45) is 10.7 Å². The van der Waals surface area contributed by atoms with Crippen molar-refractivity contribution in [2.45, 2.75) is 19.9 Å². The smallest absolute Gasteiger partial charge is 0.188 e. The Balaban J connectivity index is 0.00000200. The van der Waals surface area contributed by atoms with Gasteiger partial charge in [-0.15, -0.1) is 24.0 Å². The van der Waals surface area contributed by atoms with Crippen molar-refractivity contribution in [1.29, 1.82) is 0 Å². The van der Waals surface area contributed by atoms with E-state index in [4.69, 9.17) is 26.8 Å². The third-order valence-electron chi connectivity index (χ3n) is 2.64. The molecule has 1 aliphatic heterocycles. The normalized spacial score (nSPS) is 13.6. The van der Waals surface area contributed by atoms with E-state index >= 15 is 0 Å². The number of fused-ring (bicyclic) bond motifs is 1. The fourth-order valence-electron chi connectivity index (χ4n) is 1.74. The van der Waals surface area contributed by atoms with E-state index in [1.807, 2.05) is 12.1 Å². The summed E-state index contributed by atoms with van der Waals surface area (Å²) in [7, 11) is 0. The van der Waals surface area contributed by atoms with Crippen LogP contribution in [0.1, 0.15) is 18.9 Å². The van der Waals surface area contributed by atoms with Gasteiger partial charge in [-0.2, -0.15) is 0 Å². The summed E-state index contributed by atoms with van der Waals surface area (Å²) >= 11 is 6.15. The van der Waals surface area contributed by atoms with Crippen LogP contribution in [0.5, 0.6) is 11.5 Å². The van der Waals surface area contributed by atoms with Gasteiger partial charge in [-0.3, -0.25) is 0 Å². The van der Waals surface area contributed by atoms with Crippen molar-refractivity contribution in [2.75, 3.05) is 19.8 Å². The third-order valence-corrected chi connectivity index (χ3v) is 2.93. The Morgan fingerprint density at radius 2 is 2.15 bits per heavy atom. The van der Waals surface area contributed by atoms with Gasteiger partial charge < -0.3 is 20.5 Å². The maximum Gasteiger partial charge on any atom is 0.188 e. The largest absolute Gasteiger partial charge is 0.486 e. The molecule has 0 unspecified atom stereocenters. The SMILES string of the molecule is CCCNC(N)=NCc1cc(Cl)c2c(c1)OCCO2.I. The quantitative estimate of drug-likeness (QED) is 0.454. The molecule has 3 N–H and O–H groups in total. The predicted molar refractivity (Wildman–Crippen MR) is 91.5 cm³/mol. The second kappa shape index (κ2) is 8.41. The number of halogens is 2. The fourth-order valence-corrected chi connectivity index (χ4v) is 2.03. The van der Waals surface area contributed by atoms with Gasteiger partial charge in [-0.05, 0) is 24.1 Å². The second-order valence-electron chi connectivity index (χ2n) is 4.23. The summed E-state index contributed by atoms with van der Waals surface area (Å²) in [5, 5.41) is 3.56. The van der Waals surface area contributed by atoms with E-state index in [0.717, 1.165) is 18.5 Å². The molecule has 0 saturated carbocycles. The average Bonchev–Trinajstić information content (AvgIpc) is 2.43. The zero-order valence-corrected chi connectivity index (χ0v) is 14.4. The maximum absolute atomic E-state index is 6.15. The van der Waals surface area contributed by atoms with E-state index in [1.54, 1.807) is 0 Å². The van der Waals surface area contributed by atoms with Crippen LogP contribution in [0.4, 0.5) is 0 Å². The molecule has 0 bridgehead atoms. The number of guanidine groups is 1. The van der Waals surface area contributed by atoms with Gasteiger partial charge >= 0.3 is 0 Å². The molecular weight excluding hydrogens is 393 g/mol. The Bertz CT molecular complexity index is 483. The number of nitrogens with one attached hydrogen (secondary N) is 1. The summed E-state index contributed by atoms with van der Waals surface area (Å²) in [5.41, 5.74) is 6.67. The van der Waals surface area contributed by atoms with Gasteiger partial charge in [0.2, 0.25) is 0 Å². The van der Waals surface area contributed by atoms with Crippen molar-refractivity contribution in [3.63, 3.8) is 0 Å². The van der Waals surface area contributed by atoms with Crippen molar-refractivity contribution in [1.82, 2.24) is 5.32 Å². The molecule has 0 fully saturated rings. The molecule has 1 aromatic rings. The molecule has 0 radical (unpaired) electrons. The first-order valence-electron chi connectivity index (χ1n) is 6.32. The van der Waals surface area contributed by atoms with Crippen LogP contribution in [0, 0.1) is 0 Å². The van der Waals surface area contributed by atoms with Gasteiger partial charge in [0.25, 0.3) is 0 Å². The maximum atomic E-state index is 6.15. The Kier molecular flexibility index (Phi) is 7.22. The van der Waals surface area contributed by atoms with Crippen LogP contribution in [0.15, 0.2) is 17.1 Å². The van der Waals surface area contributed by atoms with Crippen LogP contribution in [0.2, 0.25) is 5.02 Å². The molecule has 5 nitrogen and oxygen atoms in total. The number of ether oxygens (including phenoxy) is 2. The lowest BCUT2D eigenvalue weighted by molar-refractivity contribution is 0.171. The molecule has 20 heavy (non-hydrogen) atoms. The van der Waals surface area contributed by atoms with Crippen molar-refractivity contribution >= 4 is 41.5 Å². The van der Waals surface area contributed by atoms with E-state index < -0.39 is 0 Å². The van der Waals surface area contributed by atoms with Crippen LogP contribution in [-0.4, -0.2) is 25.7 Å². The van der Waals surface area contributed by atoms with Crippen LogP contribution in [0.3, 0.4) is 0 Å². The number of hydrogen-bond donors (Lipinski definition) is 2. The fraction of sp³-hybridized carbons (Fsp3) is 0.462. The van der Waals surface area contributed by atoms with Crippen LogP contribution >= 0.6 is 35.6 Å². The molecule has 2 rings (SSSR count). The topological polar surface area (TPSA) is 68.9 Å². The van der Waals surface area contributed by atoms with Crippen molar-refractivity contribution in [3.8, 4) is 11.5 Å². The van der Waals surface area contributed by atoms with E-state index in [1.165, 1.54) is 0 Å². The minimum absolute atomic E-state index is 0. The highest BCUT2D eigenvalue weighted by atomic mass is 127. The Morgan fingerprint density at radius 1 is 1.40 bits per heavy atom. The summed E-state index contributed by atoms with van der Waals surface area (Å²) in [5.74, 6) is 1.72. The molecule has 112 valence electrons. The monoisotopic (exact) mass is 411 g/mol. The molecule has 0 spiro atoms. The van der Waals surface area contributed by atoms with Gasteiger partial charge in [0, 0.05) is 6.54 Å². The lowest BCUT2D eigenvalue weighted by Crippen LogP contribution is -2.32. The van der Waals surface area contributed by atoms with E-state index in [2.05, 4.69) is 17.2 Å². The zero-order valence-electron chi connectivity index (χ0n) is 11.3. The number of rotatable bonds is 4. The molecule has 7 heteroatoms. The Hall–Kier alpha value is -0.890. The molecule has 0 atom stereocenters. The summed E-state index contributed by atoms with van der Waals surface area (Å²) in [4.78, 5) is 4.25. The van der Waals surface area contributed by atoms with E-state index in [9.17, 15) is 0 Å². The second-order valence-corrected chi connectivity index (χ2v) is 4.64. The van der Waals surface area contributed by atoms with Crippen molar-refractivity contribution < 1.29 is 9.47 Å². The predicted octanol–water partition coefficient (Wildman–Crippen LogP) is 2.54. The van der Waals surface area contributed by atoms with Gasteiger partial charge in [-0.1, -0.05) is 18.5 Å². The molecule has 0 aliphatic carbocycles.